The summed E-state index contributed by atoms with van der Waals surface area (Å²) in [5.41, 5.74) is 0. The summed E-state index contributed by atoms with van der Waals surface area (Å²) in [6, 6.07) is 0. The van der Waals surface area contributed by atoms with Crippen LogP contribution in [0.1, 0.15) is 0 Å². The Balaban J connectivity index is 0. The molecule has 0 saturated heterocycles. The average molecular weight is 249 g/mol. The summed E-state index contributed by atoms with van der Waals surface area (Å²) < 4.78 is 0. The molecule has 0 saturated carbocycles. The molecule has 0 aliphatic heterocycles. The normalized spacial score (nSPS) is 9.87. The van der Waals surface area contributed by atoms with Crippen molar-refractivity contribution in [2.75, 3.05) is 6.54 Å². The molecule has 0 fully saturated rings. The van der Waals surface area contributed by atoms with Crippen LogP contribution >= 0.6 is 0 Å². The molecule has 12 nitrogen and oxygen atoms in total. The van der Waals surface area contributed by atoms with Crippen LogP contribution in [-0.4, -0.2) is 83.4 Å². The molecule has 1 radical (unpaired) electrons. The van der Waals surface area contributed by atoms with E-state index in [1.54, 1.807) is 0 Å². The van der Waals surface area contributed by atoms with Crippen LogP contribution < -0.4 is 0 Å². The van der Waals surface area contributed by atoms with Crippen molar-refractivity contribution < 1.29 is 19.7 Å². The third kappa shape index (κ3) is 3.38. The van der Waals surface area contributed by atoms with Crippen LogP contribution in [0.15, 0.2) is 0 Å². The van der Waals surface area contributed by atoms with Gasteiger partial charge >= 0.3 is 12.3 Å². The van der Waals surface area contributed by atoms with Gasteiger partial charge in [-0.1, -0.05) is 0 Å². The molecule has 0 spiro atoms. The van der Waals surface area contributed by atoms with Gasteiger partial charge in [-0.2, -0.15) is 0 Å². The van der Waals surface area contributed by atoms with E-state index in [4.69, 9.17) is 0 Å². The van der Waals surface area contributed by atoms with E-state index >= 15 is 0 Å². The van der Waals surface area contributed by atoms with Crippen molar-refractivity contribution in [2.45, 2.75) is 5.79 Å². The van der Waals surface area contributed by atoms with Crippen LogP contribution in [-0.2, 0) is 0 Å². The fraction of sp³-hybridized carbons (Fsp3) is 1.00. The van der Waals surface area contributed by atoms with Crippen LogP contribution in [0.25, 0.3) is 0 Å². The second kappa shape index (κ2) is 5.96. The molecule has 79 valence electrons. The molecule has 0 N–H and O–H groups in total. The Kier molecular flexibility index (Phi) is 6.62. The van der Waals surface area contributed by atoms with Gasteiger partial charge in [-0.3, -0.25) is 40.5 Å². The second-order valence-electron chi connectivity index (χ2n) is 2.04. The summed E-state index contributed by atoms with van der Waals surface area (Å²) in [4.78, 5) is 32.8. The zero-order valence-electron chi connectivity index (χ0n) is 7.26. The Morgan fingerprint density at radius 2 is 1.07 bits per heavy atom. The van der Waals surface area contributed by atoms with Crippen molar-refractivity contribution in [3.8, 4) is 0 Å². The first kappa shape index (κ1) is 16.7. The van der Waals surface area contributed by atoms with Gasteiger partial charge in [0, 0.05) is 56.3 Å². The van der Waals surface area contributed by atoms with Crippen molar-refractivity contribution >= 4 is 51.4 Å². The minimum atomic E-state index is -4.01. The predicted octanol–water partition coefficient (Wildman–Crippen LogP) is -1.63. The Morgan fingerprint density at radius 3 is 1.13 bits per heavy atom. The van der Waals surface area contributed by atoms with E-state index in [-0.39, 0.29) is 51.4 Å². The summed E-state index contributed by atoms with van der Waals surface area (Å²) in [5, 5.41) is 40.0. The summed E-state index contributed by atoms with van der Waals surface area (Å²) in [6.45, 7) is -2.01. The minimum absolute atomic E-state index is 0. The third-order valence-electron chi connectivity index (χ3n) is 1.22. The molecule has 0 aromatic heterocycles. The van der Waals surface area contributed by atoms with Gasteiger partial charge in [0.25, 0.3) is 0 Å². The van der Waals surface area contributed by atoms with E-state index in [0.29, 0.717) is 0 Å². The molecule has 0 rings (SSSR count). The fourth-order valence-corrected chi connectivity index (χ4v) is 0.546. The second-order valence-corrected chi connectivity index (χ2v) is 2.04. The molecular formula is C2H2KN4O8. The van der Waals surface area contributed by atoms with Crippen molar-refractivity contribution in [2.24, 2.45) is 0 Å². The van der Waals surface area contributed by atoms with Gasteiger partial charge in [-0.25, -0.2) is 0 Å². The van der Waals surface area contributed by atoms with Gasteiger partial charge in [0.2, 0.25) is 0 Å². The predicted molar refractivity (Wildman–Crippen MR) is 41.3 cm³/mol. The van der Waals surface area contributed by atoms with Crippen molar-refractivity contribution in [1.82, 2.24) is 0 Å². The number of hydrogen-bond donors (Lipinski definition) is 0. The minimum Gasteiger partial charge on any atom is -0.264 e. The summed E-state index contributed by atoms with van der Waals surface area (Å²) >= 11 is 0. The van der Waals surface area contributed by atoms with Gasteiger partial charge < -0.3 is 0 Å². The SMILES string of the molecule is O=[N+]([O-])CC([N+](=O)[O-])([N+](=O)[O-])[N+](=O)[O-].[K]. The Hall–Kier alpha value is -0.764. The molecule has 0 aliphatic rings. The molecule has 0 bridgehead atoms. The number of rotatable bonds is 5. The van der Waals surface area contributed by atoms with Crippen LogP contribution in [0.5, 0.6) is 0 Å². The van der Waals surface area contributed by atoms with E-state index in [0.717, 1.165) is 0 Å². The van der Waals surface area contributed by atoms with Gasteiger partial charge in [-0.05, 0) is 0 Å². The molecule has 0 aromatic carbocycles. The summed E-state index contributed by atoms with van der Waals surface area (Å²) in [5.74, 6) is -4.01. The van der Waals surface area contributed by atoms with Crippen LogP contribution in [0.2, 0.25) is 0 Å². The van der Waals surface area contributed by atoms with Crippen LogP contribution in [0, 0.1) is 40.5 Å². The first-order valence-corrected chi connectivity index (χ1v) is 2.80. The Morgan fingerprint density at radius 1 is 0.800 bits per heavy atom. The van der Waals surface area contributed by atoms with Gasteiger partial charge in [0.1, 0.15) is 0 Å². The molecule has 0 amide bonds. The zero-order valence-corrected chi connectivity index (χ0v) is 10.4. The van der Waals surface area contributed by atoms with E-state index in [1.807, 2.05) is 0 Å². The van der Waals surface area contributed by atoms with Gasteiger partial charge in [-0.15, -0.1) is 0 Å². The van der Waals surface area contributed by atoms with Crippen molar-refractivity contribution in [3.05, 3.63) is 40.5 Å². The van der Waals surface area contributed by atoms with Gasteiger partial charge in [0.05, 0.1) is 0 Å². The average Bonchev–Trinajstić information content (AvgIpc) is 1.97. The molecule has 0 heterocycles. The van der Waals surface area contributed by atoms with Crippen molar-refractivity contribution in [3.63, 3.8) is 0 Å². The van der Waals surface area contributed by atoms with Gasteiger partial charge in [0.15, 0.2) is 14.8 Å². The third-order valence-corrected chi connectivity index (χ3v) is 1.22. The molecule has 13 heteroatoms. The molecule has 0 aromatic rings. The maximum Gasteiger partial charge on any atom is 0.764 e. The van der Waals surface area contributed by atoms with E-state index in [9.17, 15) is 40.5 Å². The quantitative estimate of drug-likeness (QED) is 0.241. The largest absolute Gasteiger partial charge is 0.764 e. The summed E-state index contributed by atoms with van der Waals surface area (Å²) in [6.07, 6.45) is 0. The smallest absolute Gasteiger partial charge is 0.264 e. The molecule has 0 atom stereocenters. The summed E-state index contributed by atoms with van der Waals surface area (Å²) in [7, 11) is 0. The molecular weight excluding hydrogens is 247 g/mol. The topological polar surface area (TPSA) is 173 Å². The Bertz CT molecular complexity index is 278. The number of nitro groups is 4. The maximum atomic E-state index is 10.1. The maximum absolute atomic E-state index is 10.1. The number of nitrogens with zero attached hydrogens (tertiary/aromatic N) is 4. The monoisotopic (exact) mass is 249 g/mol. The first-order valence-electron chi connectivity index (χ1n) is 2.80. The molecule has 0 aliphatic carbocycles. The zero-order chi connectivity index (χ0) is 11.5. The van der Waals surface area contributed by atoms with E-state index < -0.39 is 32.0 Å². The van der Waals surface area contributed by atoms with Crippen molar-refractivity contribution in [1.29, 1.82) is 0 Å². The van der Waals surface area contributed by atoms with Crippen LogP contribution in [0.4, 0.5) is 0 Å². The number of hydrogen-bond acceptors (Lipinski definition) is 8. The van der Waals surface area contributed by atoms with E-state index in [2.05, 4.69) is 0 Å². The first-order chi connectivity index (χ1) is 6.25. The standard InChI is InChI=1S/C2H2N4O8.K/c7-3(8)1-2(4(9)10,5(11)12)6(13)14;/h1H2;. The van der Waals surface area contributed by atoms with E-state index in [1.165, 1.54) is 0 Å². The Labute approximate surface area is 123 Å². The molecule has 15 heavy (non-hydrogen) atoms. The fourth-order valence-electron chi connectivity index (χ4n) is 0.546. The molecule has 0 unspecified atom stereocenters. The van der Waals surface area contributed by atoms with Crippen LogP contribution in [0.3, 0.4) is 0 Å².